The summed E-state index contributed by atoms with van der Waals surface area (Å²) in [6.45, 7) is 2.01. The van der Waals surface area contributed by atoms with Crippen molar-refractivity contribution in [3.05, 3.63) is 72.0 Å². The normalized spacial score (nSPS) is 10.7. The molecule has 2 aromatic rings. The van der Waals surface area contributed by atoms with Crippen molar-refractivity contribution >= 4 is 19.1 Å². The Labute approximate surface area is 129 Å². The zero-order valence-corrected chi connectivity index (χ0v) is 15.0. The number of hydrogen-bond donors (Lipinski definition) is 0. The molecule has 0 amide bonds. The fourth-order valence-electron chi connectivity index (χ4n) is 1.90. The van der Waals surface area contributed by atoms with Crippen LogP contribution in [0, 0.1) is 0 Å². The van der Waals surface area contributed by atoms with Crippen molar-refractivity contribution in [2.75, 3.05) is 0 Å². The Bertz CT molecular complexity index is 716. The van der Waals surface area contributed by atoms with Crippen LogP contribution in [0.25, 0.3) is 11.6 Å². The summed E-state index contributed by atoms with van der Waals surface area (Å²) >= 11 is 0. The van der Waals surface area contributed by atoms with E-state index in [9.17, 15) is 8.78 Å². The third-order valence-corrected chi connectivity index (χ3v) is 3.98. The van der Waals surface area contributed by atoms with Crippen LogP contribution in [-0.2, 0) is 0 Å². The van der Waals surface area contributed by atoms with Crippen molar-refractivity contribution in [1.82, 2.24) is 0 Å². The summed E-state index contributed by atoms with van der Waals surface area (Å²) in [6, 6.07) is 14.8. The van der Waals surface area contributed by atoms with Gasteiger partial charge >= 0.3 is 113 Å². The van der Waals surface area contributed by atoms with E-state index in [2.05, 4.69) is 7.43 Å². The molecular weight excluding hydrogens is 537 g/mol. The molecule has 0 radical (unpaired) electrons. The van der Waals surface area contributed by atoms with Crippen LogP contribution in [0.1, 0.15) is 18.1 Å². The van der Waals surface area contributed by atoms with E-state index in [4.69, 9.17) is 9.84 Å². The topological polar surface area (TPSA) is 18.5 Å². The molecule has 0 heterocycles. The molecule has 0 N–H and O–H groups in total. The van der Waals surface area contributed by atoms with E-state index in [1.54, 1.807) is 12.1 Å². The first-order chi connectivity index (χ1) is 11.1. The maximum absolute atomic E-state index is 12.0. The van der Waals surface area contributed by atoms with E-state index in [0.717, 1.165) is 22.4 Å². The Morgan fingerprint density at radius 1 is 1.00 bits per heavy atom. The van der Waals surface area contributed by atoms with Crippen molar-refractivity contribution in [1.29, 1.82) is 0 Å². The van der Waals surface area contributed by atoms with Gasteiger partial charge in [0.2, 0.25) is 0 Å². The fraction of sp³-hybridized carbons (Fsp3) is 0.0556. The van der Waals surface area contributed by atoms with E-state index >= 15 is 0 Å². The van der Waals surface area contributed by atoms with Gasteiger partial charge in [0.25, 0.3) is 0 Å². The van der Waals surface area contributed by atoms with E-state index in [-0.39, 0.29) is 0 Å². The predicted molar refractivity (Wildman–Crippen MR) is 85.1 cm³/mol. The van der Waals surface area contributed by atoms with Crippen molar-refractivity contribution in [2.45, 2.75) is 6.92 Å². The van der Waals surface area contributed by atoms with Crippen LogP contribution in [0.3, 0.4) is 0 Å². The van der Waals surface area contributed by atoms with E-state index in [0.29, 0.717) is 12.0 Å². The molecule has 0 aliphatic rings. The number of ether oxygens (including phenoxy) is 1. The molecule has 0 saturated heterocycles. The zero-order chi connectivity index (χ0) is 16.7. The van der Waals surface area contributed by atoms with Crippen LogP contribution in [-0.4, -0.2) is 7.43 Å². The van der Waals surface area contributed by atoms with Crippen molar-refractivity contribution in [3.63, 3.8) is 0 Å². The fourth-order valence-corrected chi connectivity index (χ4v) is 2.70. The minimum atomic E-state index is -1.86. The summed E-state index contributed by atoms with van der Waals surface area (Å²) in [6.07, 6.45) is 0.579. The summed E-state index contributed by atoms with van der Waals surface area (Å²) < 4.78 is 27.9. The molecule has 0 aliphatic heterocycles. The molecule has 2 nitrogen and oxygen atoms in total. The van der Waals surface area contributed by atoms with Gasteiger partial charge in [-0.3, -0.25) is 0 Å². The molecule has 2 rings (SSSR count). The van der Waals surface area contributed by atoms with Gasteiger partial charge in [-0.25, -0.2) is 0 Å². The number of halogens is 2. The number of benzene rings is 2. The molecule has 23 heavy (non-hydrogen) atoms. The van der Waals surface area contributed by atoms with Gasteiger partial charge < -0.3 is 0 Å². The van der Waals surface area contributed by atoms with Crippen molar-refractivity contribution < 1.29 is 18.6 Å². The molecule has 123 valence electrons. The molecule has 0 bridgehead atoms. The van der Waals surface area contributed by atoms with Crippen molar-refractivity contribution in [2.24, 2.45) is 0 Å². The molecular formula is C18H15CfF2O2. The Kier molecular flexibility index (Phi) is 4.97. The van der Waals surface area contributed by atoms with Crippen LogP contribution in [0.15, 0.2) is 60.9 Å². The summed E-state index contributed by atoms with van der Waals surface area (Å²) in [5.41, 5.74) is 3.14. The van der Waals surface area contributed by atoms with Gasteiger partial charge in [-0.2, -0.15) is 8.78 Å². The minimum absolute atomic E-state index is 0.367. The molecule has 0 unspecified atom stereocenters. The predicted octanol–water partition coefficient (Wildman–Crippen LogP) is 5.17. The van der Waals surface area contributed by atoms with E-state index in [1.165, 1.54) is 0 Å². The molecule has 0 spiro atoms. The first kappa shape index (κ1) is 15.6. The molecule has 0 atom stereocenters. The Morgan fingerprint density at radius 3 is 2.17 bits per heavy atom. The Balaban J connectivity index is 2.10. The third-order valence-electron chi connectivity index (χ3n) is 2.98. The monoisotopic (exact) mass is 550 g/mol. The van der Waals surface area contributed by atoms with Crippen LogP contribution >= 0.6 is 0 Å². The number of hydrogen-bond acceptors (Lipinski definition) is 2. The second kappa shape index (κ2) is 7.31. The molecule has 0 aliphatic carbocycles. The summed E-state index contributed by atoms with van der Waals surface area (Å²) in [5, 5.41) is 5.46. The number of rotatable bonds is 6. The average molecular weight is 552 g/mol. The molecule has 0 fully saturated rings. The van der Waals surface area contributed by atoms with Crippen LogP contribution < -0.4 is 9.84 Å². The van der Waals surface area contributed by atoms with E-state index in [1.807, 2.05) is 49.4 Å². The first-order valence-electron chi connectivity index (χ1n) is 6.63. The third kappa shape index (κ3) is 4.63. The van der Waals surface area contributed by atoms with Gasteiger partial charge in [-0.15, -0.1) is 0 Å². The number of allylic oxidation sites excluding steroid dienone is 1. The van der Waals surface area contributed by atoms with Crippen LogP contribution in [0.5, 0.6) is 11.5 Å². The molecule has 2 aromatic carbocycles. The van der Waals surface area contributed by atoms with Crippen molar-refractivity contribution in [3.8, 4) is 11.5 Å². The molecule has 0 aromatic heterocycles. The van der Waals surface area contributed by atoms with Gasteiger partial charge in [0.05, 0.1) is 0 Å². The second-order valence-electron chi connectivity index (χ2n) is 4.60. The van der Waals surface area contributed by atoms with Crippen LogP contribution in [0.2, 0.25) is 0 Å². The average Bonchev–Trinajstić information content (AvgIpc) is 2.55. The summed E-state index contributed by atoms with van der Waals surface area (Å²) in [7, 11) is 3.78. The second-order valence-corrected chi connectivity index (χ2v) is 5.90. The Hall–Kier alpha value is -3.75. The molecule has 0 saturated carbocycles. The van der Waals surface area contributed by atoms with E-state index < -0.39 is 6.08 Å². The van der Waals surface area contributed by atoms with Gasteiger partial charge in [0, 0.05) is 0 Å². The van der Waals surface area contributed by atoms with Gasteiger partial charge in [0.15, 0.2) is 6.26 Å². The zero-order valence-electron chi connectivity index (χ0n) is 12.4. The Morgan fingerprint density at radius 2 is 1.61 bits per heavy atom. The summed E-state index contributed by atoms with van der Waals surface area (Å²) in [5.74, 6) is 1.22. The molecule has 5 heteroatoms. The quantitative estimate of drug-likeness (QED) is 0.364. The first-order valence-corrected chi connectivity index (χ1v) is 9.57. The summed E-state index contributed by atoms with van der Waals surface area (Å²) in [4.78, 5) is 0. The maximum atomic E-state index is 12.0. The standard InChI is InChI=1S/C17H14F2O2.CH2.Cf/c1-12(14-4-6-15(20)7-5-14)10-13-2-8-16(9-3-13)21-11-17(18)19;;/h2-11,20H,1H3;1H2;/q;;+1/p-1. The van der Waals surface area contributed by atoms with Crippen LogP contribution in [0.4, 0.5) is 8.78 Å². The van der Waals surface area contributed by atoms with Gasteiger partial charge in [-0.1, -0.05) is 0 Å². The SMILES string of the molecule is [CH2]=[Cf][O]c1ccc(C(C)=Cc2ccc(OC=C(F)F)cc2)cc1. The van der Waals surface area contributed by atoms with Gasteiger partial charge in [-0.05, 0) is 0 Å². The van der Waals surface area contributed by atoms with Gasteiger partial charge in [0.1, 0.15) is 0 Å².